The summed E-state index contributed by atoms with van der Waals surface area (Å²) in [5.41, 5.74) is 3.00. The molecule has 0 spiro atoms. The zero-order valence-corrected chi connectivity index (χ0v) is 15.3. The molecule has 0 aliphatic heterocycles. The Morgan fingerprint density at radius 3 is 2.84 bits per heavy atom. The molecule has 1 aromatic carbocycles. The van der Waals surface area contributed by atoms with Gasteiger partial charge in [-0.25, -0.2) is 4.79 Å². The fraction of sp³-hybridized carbons (Fsp3) is 0.500. The molecule has 0 radical (unpaired) electrons. The fourth-order valence-electron chi connectivity index (χ4n) is 4.55. The van der Waals surface area contributed by atoms with Gasteiger partial charge in [0.2, 0.25) is 0 Å². The van der Waals surface area contributed by atoms with Gasteiger partial charge in [0.15, 0.2) is 0 Å². The first kappa shape index (κ1) is 17.8. The van der Waals surface area contributed by atoms with Crippen molar-refractivity contribution in [2.75, 3.05) is 6.61 Å². The van der Waals surface area contributed by atoms with Crippen LogP contribution >= 0.6 is 0 Å². The van der Waals surface area contributed by atoms with E-state index in [1.807, 2.05) is 6.92 Å². The zero-order chi connectivity index (χ0) is 18.0. The minimum absolute atomic E-state index is 0.0446. The third-order valence-corrected chi connectivity index (χ3v) is 6.27. The van der Waals surface area contributed by atoms with Gasteiger partial charge in [-0.1, -0.05) is 37.3 Å². The molecule has 3 rings (SSSR count). The minimum atomic E-state index is -0.487. The highest BCUT2D eigenvalue weighted by Gasteiger charge is 2.49. The van der Waals surface area contributed by atoms with Gasteiger partial charge in [-0.05, 0) is 74.0 Å². The van der Waals surface area contributed by atoms with E-state index in [9.17, 15) is 9.90 Å². The Hall–Kier alpha value is -2.03. The lowest BCUT2D eigenvalue weighted by Crippen LogP contribution is -2.26. The maximum atomic E-state index is 12.0. The molecule has 2 aliphatic carbocycles. The van der Waals surface area contributed by atoms with Gasteiger partial charge in [0.1, 0.15) is 17.9 Å². The van der Waals surface area contributed by atoms with Crippen LogP contribution in [0.25, 0.3) is 0 Å². The number of carbonyl (C=O) groups is 1. The Labute approximate surface area is 150 Å². The van der Waals surface area contributed by atoms with Gasteiger partial charge in [0, 0.05) is 0 Å². The summed E-state index contributed by atoms with van der Waals surface area (Å²) in [6, 6.07) is 6.45. The van der Waals surface area contributed by atoms with Gasteiger partial charge in [-0.15, -0.1) is 0 Å². The standard InChI is InChI=1S/C22H28O3/c1-15(14-25-21(24)19-8-4-5-9-20(19)23)7-6-12-22(3)16(2)17-10-11-18(22)13-17/h4-5,7-9,17-18,23H,2,6,10-14H2,1,3H3. The van der Waals surface area contributed by atoms with E-state index in [4.69, 9.17) is 4.74 Å². The molecule has 0 aromatic heterocycles. The third kappa shape index (κ3) is 3.51. The SMILES string of the molecule is C=C1C2CCC(C2)C1(C)CCC=C(C)COC(=O)c1ccccc1O. The predicted octanol–water partition coefficient (Wildman–Crippen LogP) is 5.27. The van der Waals surface area contributed by atoms with E-state index < -0.39 is 5.97 Å². The number of carbonyl (C=O) groups excluding carboxylic acids is 1. The maximum absolute atomic E-state index is 12.0. The summed E-state index contributed by atoms with van der Waals surface area (Å²) in [5.74, 6) is 1.02. The normalized spacial score (nSPS) is 28.4. The Bertz CT molecular complexity index is 703. The van der Waals surface area contributed by atoms with Crippen LogP contribution in [0.4, 0.5) is 0 Å². The number of hydrogen-bond donors (Lipinski definition) is 1. The first-order chi connectivity index (χ1) is 11.9. The molecule has 3 atom stereocenters. The van der Waals surface area contributed by atoms with E-state index in [1.165, 1.54) is 30.9 Å². The average molecular weight is 340 g/mol. The molecule has 3 unspecified atom stereocenters. The van der Waals surface area contributed by atoms with Crippen molar-refractivity contribution in [3.63, 3.8) is 0 Å². The monoisotopic (exact) mass is 340 g/mol. The number of rotatable bonds is 6. The largest absolute Gasteiger partial charge is 0.507 e. The molecule has 1 aromatic rings. The smallest absolute Gasteiger partial charge is 0.342 e. The zero-order valence-electron chi connectivity index (χ0n) is 15.3. The molecule has 2 fully saturated rings. The molecular weight excluding hydrogens is 312 g/mol. The van der Waals surface area contributed by atoms with Gasteiger partial charge in [0.25, 0.3) is 0 Å². The molecule has 3 nitrogen and oxygen atoms in total. The van der Waals surface area contributed by atoms with Crippen molar-refractivity contribution in [1.82, 2.24) is 0 Å². The second kappa shape index (κ2) is 7.07. The molecule has 3 heteroatoms. The Balaban J connectivity index is 1.49. The summed E-state index contributed by atoms with van der Waals surface area (Å²) in [6.07, 6.45) is 8.28. The van der Waals surface area contributed by atoms with Crippen LogP contribution in [0.3, 0.4) is 0 Å². The van der Waals surface area contributed by atoms with E-state index in [0.717, 1.165) is 30.3 Å². The molecule has 134 valence electrons. The van der Waals surface area contributed by atoms with Crippen molar-refractivity contribution >= 4 is 5.97 Å². The first-order valence-corrected chi connectivity index (χ1v) is 9.22. The van der Waals surface area contributed by atoms with Crippen LogP contribution in [-0.2, 0) is 4.74 Å². The average Bonchev–Trinajstić information content (AvgIpc) is 3.16. The van der Waals surface area contributed by atoms with Gasteiger partial charge >= 0.3 is 5.97 Å². The molecule has 0 saturated heterocycles. The molecule has 1 N–H and O–H groups in total. The number of phenols is 1. The summed E-state index contributed by atoms with van der Waals surface area (Å²) in [6.45, 7) is 8.99. The van der Waals surface area contributed by atoms with Crippen LogP contribution in [0.1, 0.15) is 56.3 Å². The Kier molecular flexibility index (Phi) is 5.03. The van der Waals surface area contributed by atoms with Gasteiger partial charge < -0.3 is 9.84 Å². The third-order valence-electron chi connectivity index (χ3n) is 6.27. The lowest BCUT2D eigenvalue weighted by Gasteiger charge is -2.36. The summed E-state index contributed by atoms with van der Waals surface area (Å²) >= 11 is 0. The highest BCUT2D eigenvalue weighted by molar-refractivity contribution is 5.92. The van der Waals surface area contributed by atoms with Gasteiger partial charge in [0.05, 0.1) is 0 Å². The van der Waals surface area contributed by atoms with E-state index in [0.29, 0.717) is 0 Å². The fourth-order valence-corrected chi connectivity index (χ4v) is 4.55. The minimum Gasteiger partial charge on any atom is -0.507 e. The van der Waals surface area contributed by atoms with Crippen molar-refractivity contribution in [3.05, 3.63) is 53.6 Å². The number of benzene rings is 1. The molecular formula is C22H28O3. The van der Waals surface area contributed by atoms with Crippen molar-refractivity contribution in [3.8, 4) is 5.75 Å². The van der Waals surface area contributed by atoms with E-state index in [2.05, 4.69) is 19.6 Å². The van der Waals surface area contributed by atoms with E-state index >= 15 is 0 Å². The van der Waals surface area contributed by atoms with Crippen LogP contribution < -0.4 is 0 Å². The van der Waals surface area contributed by atoms with E-state index in [-0.39, 0.29) is 23.3 Å². The lowest BCUT2D eigenvalue weighted by molar-refractivity contribution is 0.0536. The first-order valence-electron chi connectivity index (χ1n) is 9.22. The Morgan fingerprint density at radius 2 is 2.16 bits per heavy atom. The van der Waals surface area contributed by atoms with Crippen LogP contribution in [0.2, 0.25) is 0 Å². The topological polar surface area (TPSA) is 46.5 Å². The number of aromatic hydroxyl groups is 1. The van der Waals surface area contributed by atoms with Crippen molar-refractivity contribution in [2.45, 2.75) is 46.0 Å². The number of fused-ring (bicyclic) bond motifs is 2. The van der Waals surface area contributed by atoms with Crippen molar-refractivity contribution < 1.29 is 14.6 Å². The second-order valence-corrected chi connectivity index (χ2v) is 7.83. The number of esters is 1. The summed E-state index contributed by atoms with van der Waals surface area (Å²) in [5, 5.41) is 9.69. The molecule has 2 saturated carbocycles. The highest BCUT2D eigenvalue weighted by Crippen LogP contribution is 2.60. The quantitative estimate of drug-likeness (QED) is 0.567. The van der Waals surface area contributed by atoms with Crippen LogP contribution in [0, 0.1) is 17.3 Å². The van der Waals surface area contributed by atoms with Crippen LogP contribution in [0.15, 0.2) is 48.1 Å². The number of phenolic OH excluding ortho intramolecular Hbond substituents is 1. The summed E-state index contributed by atoms with van der Waals surface area (Å²) in [7, 11) is 0. The summed E-state index contributed by atoms with van der Waals surface area (Å²) in [4.78, 5) is 12.0. The number of hydrogen-bond acceptors (Lipinski definition) is 3. The predicted molar refractivity (Wildman–Crippen MR) is 99.5 cm³/mol. The molecule has 25 heavy (non-hydrogen) atoms. The van der Waals surface area contributed by atoms with Gasteiger partial charge in [-0.2, -0.15) is 0 Å². The van der Waals surface area contributed by atoms with Crippen molar-refractivity contribution in [1.29, 1.82) is 0 Å². The molecule has 0 amide bonds. The molecule has 2 bridgehead atoms. The maximum Gasteiger partial charge on any atom is 0.342 e. The number of ether oxygens (including phenoxy) is 1. The van der Waals surface area contributed by atoms with Crippen LogP contribution in [0.5, 0.6) is 5.75 Å². The highest BCUT2D eigenvalue weighted by atomic mass is 16.5. The molecule has 2 aliphatic rings. The lowest BCUT2D eigenvalue weighted by atomic mass is 9.69. The van der Waals surface area contributed by atoms with Crippen LogP contribution in [-0.4, -0.2) is 17.7 Å². The van der Waals surface area contributed by atoms with E-state index in [1.54, 1.807) is 18.2 Å². The number of allylic oxidation sites excluding steroid dienone is 2. The Morgan fingerprint density at radius 1 is 1.40 bits per heavy atom. The van der Waals surface area contributed by atoms with Crippen molar-refractivity contribution in [2.24, 2.45) is 17.3 Å². The molecule has 0 heterocycles. The van der Waals surface area contributed by atoms with Gasteiger partial charge in [-0.3, -0.25) is 0 Å². The second-order valence-electron chi connectivity index (χ2n) is 7.83. The summed E-state index contributed by atoms with van der Waals surface area (Å²) < 4.78 is 5.30. The number of para-hydroxylation sites is 1.